The molecule has 0 amide bonds. The monoisotopic (exact) mass is 301 g/mol. The van der Waals surface area contributed by atoms with E-state index in [2.05, 4.69) is 4.72 Å². The minimum atomic E-state index is -3.84. The summed E-state index contributed by atoms with van der Waals surface area (Å²) in [4.78, 5) is 10.6. The molecule has 106 valence electrons. The highest BCUT2D eigenvalue weighted by Crippen LogP contribution is 2.17. The molecule has 0 aliphatic carbocycles. The Bertz CT molecular complexity index is 821. The second-order valence-electron chi connectivity index (χ2n) is 4.11. The molecule has 0 atom stereocenters. The molecule has 0 fully saturated rings. The lowest BCUT2D eigenvalue weighted by molar-refractivity contribution is -0.255. The highest BCUT2D eigenvalue weighted by molar-refractivity contribution is 7.92. The highest BCUT2D eigenvalue weighted by Gasteiger charge is 2.14. The number of nitrogens with one attached hydrogen (secondary N) is 1. The van der Waals surface area contributed by atoms with Gasteiger partial charge in [0.05, 0.1) is 22.5 Å². The number of carbonyl (C=O) groups excluding carboxylic acids is 1. The maximum atomic E-state index is 12.1. The van der Waals surface area contributed by atoms with Crippen LogP contribution >= 0.6 is 0 Å². The van der Waals surface area contributed by atoms with E-state index in [1.807, 2.05) is 6.07 Å². The molecule has 2 aromatic rings. The summed E-state index contributed by atoms with van der Waals surface area (Å²) in [5.41, 5.74) is 0.386. The number of carboxylic acids is 1. The van der Waals surface area contributed by atoms with Gasteiger partial charge in [0.15, 0.2) is 0 Å². The Morgan fingerprint density at radius 2 is 1.81 bits per heavy atom. The molecule has 2 rings (SSSR count). The molecule has 2 aromatic carbocycles. The molecule has 0 heterocycles. The number of carboxylic acid groups (broad SMARTS) is 1. The molecule has 0 spiro atoms. The van der Waals surface area contributed by atoms with E-state index in [-0.39, 0.29) is 21.7 Å². The normalized spacial score (nSPS) is 10.6. The summed E-state index contributed by atoms with van der Waals surface area (Å²) >= 11 is 0. The first-order valence-electron chi connectivity index (χ1n) is 5.77. The molecule has 0 saturated heterocycles. The van der Waals surface area contributed by atoms with Gasteiger partial charge >= 0.3 is 0 Å². The predicted molar refractivity (Wildman–Crippen MR) is 72.7 cm³/mol. The predicted octanol–water partition coefficient (Wildman–Crippen LogP) is 0.723. The van der Waals surface area contributed by atoms with Gasteiger partial charge < -0.3 is 9.90 Å². The van der Waals surface area contributed by atoms with Gasteiger partial charge in [0.1, 0.15) is 0 Å². The van der Waals surface area contributed by atoms with Crippen LogP contribution in [0.1, 0.15) is 15.9 Å². The molecule has 0 aromatic heterocycles. The minimum absolute atomic E-state index is 0.0504. The summed E-state index contributed by atoms with van der Waals surface area (Å²) in [7, 11) is -3.84. The van der Waals surface area contributed by atoms with Crippen LogP contribution in [0.4, 0.5) is 5.69 Å². The van der Waals surface area contributed by atoms with E-state index >= 15 is 0 Å². The van der Waals surface area contributed by atoms with Crippen LogP contribution in [0.25, 0.3) is 0 Å². The van der Waals surface area contributed by atoms with Gasteiger partial charge in [0.2, 0.25) is 0 Å². The Morgan fingerprint density at radius 1 is 1.14 bits per heavy atom. The Balaban J connectivity index is 2.28. The maximum absolute atomic E-state index is 12.1. The first-order valence-corrected chi connectivity index (χ1v) is 7.25. The second-order valence-corrected chi connectivity index (χ2v) is 5.79. The van der Waals surface area contributed by atoms with Crippen molar-refractivity contribution >= 4 is 21.7 Å². The van der Waals surface area contributed by atoms with E-state index < -0.39 is 16.0 Å². The summed E-state index contributed by atoms with van der Waals surface area (Å²) < 4.78 is 26.6. The quantitative estimate of drug-likeness (QED) is 0.894. The van der Waals surface area contributed by atoms with Crippen LogP contribution in [0.5, 0.6) is 0 Å². The summed E-state index contributed by atoms with van der Waals surface area (Å²) in [6.07, 6.45) is 0. The van der Waals surface area contributed by atoms with Crippen molar-refractivity contribution in [3.63, 3.8) is 0 Å². The Kier molecular flexibility index (Phi) is 3.91. The van der Waals surface area contributed by atoms with Crippen molar-refractivity contribution in [1.29, 1.82) is 5.26 Å². The summed E-state index contributed by atoms with van der Waals surface area (Å²) in [5, 5.41) is 19.4. The fourth-order valence-electron chi connectivity index (χ4n) is 1.62. The van der Waals surface area contributed by atoms with Crippen LogP contribution in [0.2, 0.25) is 0 Å². The molecule has 0 bridgehead atoms. The Morgan fingerprint density at radius 3 is 2.38 bits per heavy atom. The molecule has 0 unspecified atom stereocenters. The molecule has 21 heavy (non-hydrogen) atoms. The average molecular weight is 301 g/mol. The van der Waals surface area contributed by atoms with Gasteiger partial charge in [-0.1, -0.05) is 18.2 Å². The number of hydrogen-bond acceptors (Lipinski definition) is 5. The Hall–Kier alpha value is -2.85. The number of hydrogen-bond donors (Lipinski definition) is 1. The molecule has 7 heteroatoms. The van der Waals surface area contributed by atoms with Gasteiger partial charge in [-0.3, -0.25) is 4.72 Å². The highest BCUT2D eigenvalue weighted by atomic mass is 32.2. The SMILES string of the molecule is N#Cc1cccc(S(=O)(=O)Nc2ccc(C(=O)[O-])cc2)c1. The molecular weight excluding hydrogens is 292 g/mol. The van der Waals surface area contributed by atoms with E-state index in [9.17, 15) is 18.3 Å². The largest absolute Gasteiger partial charge is 0.545 e. The molecule has 0 radical (unpaired) electrons. The second kappa shape index (κ2) is 5.64. The number of benzene rings is 2. The standard InChI is InChI=1S/C14H10N2O4S/c15-9-10-2-1-3-13(8-10)21(19,20)16-12-6-4-11(5-7-12)14(17)18/h1-8,16H,(H,17,18)/p-1. The average Bonchev–Trinajstić information content (AvgIpc) is 2.47. The van der Waals surface area contributed by atoms with E-state index in [0.29, 0.717) is 0 Å². The number of nitriles is 1. The van der Waals surface area contributed by atoms with Gasteiger partial charge in [-0.2, -0.15) is 5.26 Å². The lowest BCUT2D eigenvalue weighted by Crippen LogP contribution is -2.22. The molecule has 0 aliphatic rings. The Labute approximate surface area is 121 Å². The van der Waals surface area contributed by atoms with Gasteiger partial charge in [-0.15, -0.1) is 0 Å². The van der Waals surface area contributed by atoms with Crippen molar-refractivity contribution in [2.24, 2.45) is 0 Å². The number of sulfonamides is 1. The minimum Gasteiger partial charge on any atom is -0.545 e. The molecule has 6 nitrogen and oxygen atoms in total. The van der Waals surface area contributed by atoms with Gasteiger partial charge in [0.25, 0.3) is 10.0 Å². The number of carbonyl (C=O) groups is 1. The van der Waals surface area contributed by atoms with Gasteiger partial charge in [-0.05, 0) is 35.9 Å². The van der Waals surface area contributed by atoms with Crippen LogP contribution in [0.15, 0.2) is 53.4 Å². The van der Waals surface area contributed by atoms with E-state index in [1.54, 1.807) is 0 Å². The molecule has 0 saturated carbocycles. The van der Waals surface area contributed by atoms with E-state index in [4.69, 9.17) is 5.26 Å². The van der Waals surface area contributed by atoms with Crippen LogP contribution in [-0.2, 0) is 10.0 Å². The first-order chi connectivity index (χ1) is 9.92. The van der Waals surface area contributed by atoms with E-state index in [0.717, 1.165) is 0 Å². The summed E-state index contributed by atoms with van der Waals surface area (Å²) in [6.45, 7) is 0. The molecule has 0 aliphatic heterocycles. The zero-order valence-electron chi connectivity index (χ0n) is 10.6. The molecule has 1 N–H and O–H groups in total. The van der Waals surface area contributed by atoms with Gasteiger partial charge in [-0.25, -0.2) is 8.42 Å². The third-order valence-electron chi connectivity index (χ3n) is 2.65. The number of anilines is 1. The lowest BCUT2D eigenvalue weighted by Gasteiger charge is -2.09. The van der Waals surface area contributed by atoms with Crippen LogP contribution < -0.4 is 9.83 Å². The number of aromatic carboxylic acids is 1. The number of nitrogens with zero attached hydrogens (tertiary/aromatic N) is 1. The van der Waals surface area contributed by atoms with Crippen LogP contribution in [-0.4, -0.2) is 14.4 Å². The topological polar surface area (TPSA) is 110 Å². The first kappa shape index (κ1) is 14.6. The van der Waals surface area contributed by atoms with Gasteiger partial charge in [0, 0.05) is 5.69 Å². The summed E-state index contributed by atoms with van der Waals surface area (Å²) in [5.74, 6) is -1.34. The zero-order chi connectivity index (χ0) is 15.5. The maximum Gasteiger partial charge on any atom is 0.261 e. The fourth-order valence-corrected chi connectivity index (χ4v) is 2.73. The lowest BCUT2D eigenvalue weighted by atomic mass is 10.2. The third-order valence-corrected chi connectivity index (χ3v) is 4.03. The third kappa shape index (κ3) is 3.38. The fraction of sp³-hybridized carbons (Fsp3) is 0. The molecular formula is C14H9N2O4S-. The zero-order valence-corrected chi connectivity index (χ0v) is 11.4. The van der Waals surface area contributed by atoms with Crippen molar-refractivity contribution in [2.75, 3.05) is 4.72 Å². The smallest absolute Gasteiger partial charge is 0.261 e. The van der Waals surface area contributed by atoms with Crippen molar-refractivity contribution in [3.8, 4) is 6.07 Å². The van der Waals surface area contributed by atoms with Crippen molar-refractivity contribution < 1.29 is 18.3 Å². The van der Waals surface area contributed by atoms with Crippen molar-refractivity contribution in [2.45, 2.75) is 4.90 Å². The van der Waals surface area contributed by atoms with Crippen molar-refractivity contribution in [1.82, 2.24) is 0 Å². The number of rotatable bonds is 4. The van der Waals surface area contributed by atoms with Crippen LogP contribution in [0, 0.1) is 11.3 Å². The van der Waals surface area contributed by atoms with E-state index in [1.165, 1.54) is 48.5 Å². The summed E-state index contributed by atoms with van der Waals surface area (Å²) in [6, 6.07) is 12.5. The van der Waals surface area contributed by atoms with Crippen LogP contribution in [0.3, 0.4) is 0 Å². The van der Waals surface area contributed by atoms with Crippen molar-refractivity contribution in [3.05, 3.63) is 59.7 Å².